The van der Waals surface area contributed by atoms with Gasteiger partial charge in [-0.25, -0.2) is 0 Å². The molecule has 3 rings (SSSR count). The number of halogens is 1. The molecule has 3 aromatic rings. The summed E-state index contributed by atoms with van der Waals surface area (Å²) in [6, 6.07) is 33.0. The zero-order chi connectivity index (χ0) is 14.5. The molecule has 0 N–H and O–H groups in total. The fraction of sp³-hybridized carbons (Fsp3) is 0.0526. The Balaban J connectivity index is 0.00000176. The third-order valence-electron chi connectivity index (χ3n) is 3.53. The van der Waals surface area contributed by atoms with Gasteiger partial charge in [0.05, 0.1) is 0 Å². The Morgan fingerprint density at radius 2 is 0.955 bits per heavy atom. The van der Waals surface area contributed by atoms with Crippen LogP contribution < -0.4 is 39.0 Å². The summed E-state index contributed by atoms with van der Waals surface area (Å²) in [5, 5.41) is 3.00. The quantitative estimate of drug-likeness (QED) is 0.284. The van der Waals surface area contributed by atoms with Crippen molar-refractivity contribution >= 4 is 35.5 Å². The minimum Gasteiger partial charge on any atom is -1.00 e. The second-order valence-corrected chi connectivity index (χ2v) is 14.8. The van der Waals surface area contributed by atoms with Crippen LogP contribution >= 0.6 is 5.95 Å². The summed E-state index contributed by atoms with van der Waals surface area (Å²) in [5.41, 5.74) is 0. The van der Waals surface area contributed by atoms with Gasteiger partial charge in [-0.2, -0.15) is 0 Å². The SMILES string of the molecule is C[P+]([Se]c1ccccc1)(c1ccccc1)c1ccccc1.[I-]. The van der Waals surface area contributed by atoms with Gasteiger partial charge in [0.15, 0.2) is 0 Å². The van der Waals surface area contributed by atoms with Crippen LogP contribution in [0.5, 0.6) is 0 Å². The van der Waals surface area contributed by atoms with Crippen LogP contribution in [0.2, 0.25) is 0 Å². The van der Waals surface area contributed by atoms with Crippen LogP contribution in [0.4, 0.5) is 0 Å². The minimum atomic E-state index is -1.33. The van der Waals surface area contributed by atoms with Crippen molar-refractivity contribution in [3.05, 3.63) is 91.0 Å². The number of hydrogen-bond acceptors (Lipinski definition) is 0. The molecule has 0 aliphatic heterocycles. The first kappa shape index (κ1) is 17.7. The Bertz CT molecular complexity index is 647. The molecule has 22 heavy (non-hydrogen) atoms. The molecule has 0 saturated heterocycles. The Morgan fingerprint density at radius 1 is 0.591 bits per heavy atom. The van der Waals surface area contributed by atoms with Crippen LogP contribution in [0.3, 0.4) is 0 Å². The minimum absolute atomic E-state index is 0. The van der Waals surface area contributed by atoms with E-state index in [1.54, 1.807) is 0 Å². The molecule has 3 aromatic carbocycles. The fourth-order valence-electron chi connectivity index (χ4n) is 2.37. The van der Waals surface area contributed by atoms with Crippen molar-refractivity contribution in [1.29, 1.82) is 0 Å². The van der Waals surface area contributed by atoms with Crippen molar-refractivity contribution in [1.82, 2.24) is 0 Å². The maximum absolute atomic E-state index is 2.48. The van der Waals surface area contributed by atoms with Crippen LogP contribution in [0.15, 0.2) is 91.0 Å². The molecule has 0 radical (unpaired) electrons. The molecule has 0 aliphatic carbocycles. The Morgan fingerprint density at radius 3 is 1.36 bits per heavy atom. The second-order valence-electron chi connectivity index (χ2n) is 5.00. The summed E-state index contributed by atoms with van der Waals surface area (Å²) in [5.74, 6) is -1.33. The number of benzene rings is 3. The van der Waals surface area contributed by atoms with Crippen molar-refractivity contribution in [3.63, 3.8) is 0 Å². The molecule has 0 aliphatic rings. The van der Waals surface area contributed by atoms with E-state index in [1.807, 2.05) is 0 Å². The van der Waals surface area contributed by atoms with E-state index < -0.39 is 5.95 Å². The monoisotopic (exact) mass is 484 g/mol. The maximum atomic E-state index is 2.48. The Labute approximate surface area is 156 Å². The van der Waals surface area contributed by atoms with Crippen molar-refractivity contribution < 1.29 is 24.0 Å². The Hall–Kier alpha value is -0.661. The van der Waals surface area contributed by atoms with Gasteiger partial charge >= 0.3 is 133 Å². The van der Waals surface area contributed by atoms with E-state index in [0.717, 1.165) is 0 Å². The molecule has 0 unspecified atom stereocenters. The van der Waals surface area contributed by atoms with Gasteiger partial charge in [0, 0.05) is 0 Å². The summed E-state index contributed by atoms with van der Waals surface area (Å²) >= 11 is 0.441. The van der Waals surface area contributed by atoms with Gasteiger partial charge in [0.25, 0.3) is 0 Å². The molecule has 3 heteroatoms. The van der Waals surface area contributed by atoms with E-state index in [4.69, 9.17) is 0 Å². The van der Waals surface area contributed by atoms with Crippen LogP contribution in [0, 0.1) is 0 Å². The molecule has 0 heterocycles. The summed E-state index contributed by atoms with van der Waals surface area (Å²) in [6.45, 7) is 2.48. The fourth-order valence-corrected chi connectivity index (χ4v) is 11.5. The predicted molar refractivity (Wildman–Crippen MR) is 96.8 cm³/mol. The molecule has 0 atom stereocenters. The predicted octanol–water partition coefficient (Wildman–Crippen LogP) is 0.233. The molecule has 0 aromatic heterocycles. The van der Waals surface area contributed by atoms with E-state index in [-0.39, 0.29) is 24.0 Å². The van der Waals surface area contributed by atoms with Gasteiger partial charge < -0.3 is 24.0 Å². The summed E-state index contributed by atoms with van der Waals surface area (Å²) in [7, 11) is 0. The first-order valence-electron chi connectivity index (χ1n) is 7.01. The van der Waals surface area contributed by atoms with E-state index in [0.29, 0.717) is 14.5 Å². The third-order valence-corrected chi connectivity index (χ3v) is 13.5. The smallest absolute Gasteiger partial charge is 1.00 e. The zero-order valence-corrected chi connectivity index (χ0v) is 17.2. The average Bonchev–Trinajstić information content (AvgIpc) is 2.57. The van der Waals surface area contributed by atoms with Gasteiger partial charge in [0.1, 0.15) is 0 Å². The molecule has 0 spiro atoms. The molecule has 0 amide bonds. The summed E-state index contributed by atoms with van der Waals surface area (Å²) < 4.78 is 1.48. The van der Waals surface area contributed by atoms with E-state index in [2.05, 4.69) is 97.7 Å². The molecule has 112 valence electrons. The van der Waals surface area contributed by atoms with Gasteiger partial charge in [-0.15, -0.1) is 0 Å². The number of hydrogen-bond donors (Lipinski definition) is 0. The van der Waals surface area contributed by atoms with Crippen molar-refractivity contribution in [3.8, 4) is 0 Å². The second kappa shape index (κ2) is 8.26. The summed E-state index contributed by atoms with van der Waals surface area (Å²) in [6.07, 6.45) is 0. The first-order valence-corrected chi connectivity index (χ1v) is 12.3. The summed E-state index contributed by atoms with van der Waals surface area (Å²) in [4.78, 5) is 0. The average molecular weight is 483 g/mol. The molecule has 0 nitrogen and oxygen atoms in total. The molecule has 0 bridgehead atoms. The standard InChI is InChI=1S/C19H18PSe.HI/c1-20(17-11-5-2-6-12-17,18-13-7-3-8-14-18)21-19-15-9-4-10-16-19;/h2-16H,1H3;1H/q+1;/p-1. The van der Waals surface area contributed by atoms with Gasteiger partial charge in [-0.3, -0.25) is 0 Å². The normalized spacial score (nSPS) is 10.8. The van der Waals surface area contributed by atoms with Crippen LogP contribution in [-0.4, -0.2) is 21.2 Å². The topological polar surface area (TPSA) is 0 Å². The zero-order valence-electron chi connectivity index (χ0n) is 12.4. The Kier molecular flexibility index (Phi) is 6.65. The first-order chi connectivity index (χ1) is 10.3. The molecular weight excluding hydrogens is 465 g/mol. The van der Waals surface area contributed by atoms with E-state index in [9.17, 15) is 0 Å². The van der Waals surface area contributed by atoms with Crippen LogP contribution in [0.25, 0.3) is 0 Å². The van der Waals surface area contributed by atoms with Crippen LogP contribution in [-0.2, 0) is 0 Å². The largest absolute Gasteiger partial charge is 1.00 e. The molecule has 0 saturated carbocycles. The maximum Gasteiger partial charge on any atom is -1.00 e. The van der Waals surface area contributed by atoms with Gasteiger partial charge in [0.2, 0.25) is 0 Å². The van der Waals surface area contributed by atoms with E-state index in [1.165, 1.54) is 15.1 Å². The van der Waals surface area contributed by atoms with E-state index >= 15 is 0 Å². The molecule has 0 fully saturated rings. The van der Waals surface area contributed by atoms with Crippen LogP contribution in [0.1, 0.15) is 0 Å². The third kappa shape index (κ3) is 4.00. The van der Waals surface area contributed by atoms with Crippen molar-refractivity contribution in [2.45, 2.75) is 0 Å². The molecular formula is C19H18IPSe. The van der Waals surface area contributed by atoms with Gasteiger partial charge in [-0.1, -0.05) is 0 Å². The van der Waals surface area contributed by atoms with Crippen molar-refractivity contribution in [2.24, 2.45) is 0 Å². The van der Waals surface area contributed by atoms with Gasteiger partial charge in [-0.05, 0) is 0 Å². The number of rotatable bonds is 4. The van der Waals surface area contributed by atoms with Crippen molar-refractivity contribution in [2.75, 3.05) is 6.66 Å².